The fraction of sp³-hybridized carbons (Fsp3) is 0.0952. The van der Waals surface area contributed by atoms with Crippen molar-refractivity contribution in [3.8, 4) is 17.1 Å². The van der Waals surface area contributed by atoms with Crippen LogP contribution in [0.5, 0.6) is 5.75 Å². The van der Waals surface area contributed by atoms with Crippen LogP contribution < -0.4 is 4.74 Å². The number of nitrogens with zero attached hydrogens (tertiary/aromatic N) is 1. The number of ether oxygens (including phenoxy) is 1. The van der Waals surface area contributed by atoms with E-state index in [1.54, 1.807) is 24.3 Å². The van der Waals surface area contributed by atoms with Crippen LogP contribution in [0.1, 0.15) is 11.1 Å². The number of hydrogen-bond acceptors (Lipinski definition) is 2. The number of H-pyrrole nitrogens is 1. The lowest BCUT2D eigenvalue weighted by molar-refractivity contribution is -0.137. The molecule has 28 heavy (non-hydrogen) atoms. The molecule has 3 nitrogen and oxygen atoms in total. The highest BCUT2D eigenvalue weighted by Crippen LogP contribution is 2.33. The van der Waals surface area contributed by atoms with Gasteiger partial charge in [0.05, 0.1) is 22.2 Å². The number of halogens is 4. The third-order valence-electron chi connectivity index (χ3n) is 4.23. The van der Waals surface area contributed by atoms with Gasteiger partial charge < -0.3 is 9.72 Å². The Morgan fingerprint density at radius 2 is 1.79 bits per heavy atom. The summed E-state index contributed by atoms with van der Waals surface area (Å²) in [6, 6.07) is 17.7. The Hall–Kier alpha value is -2.99. The molecule has 3 aromatic carbocycles. The molecule has 0 spiro atoms. The highest BCUT2D eigenvalue weighted by Gasteiger charge is 2.30. The highest BCUT2D eigenvalue weighted by atomic mass is 35.5. The summed E-state index contributed by atoms with van der Waals surface area (Å²) in [5, 5.41) is 0.502. The monoisotopic (exact) mass is 402 g/mol. The molecule has 0 radical (unpaired) electrons. The molecule has 7 heteroatoms. The molecule has 0 bridgehead atoms. The molecule has 4 aromatic rings. The van der Waals surface area contributed by atoms with Crippen LogP contribution in [0, 0.1) is 0 Å². The van der Waals surface area contributed by atoms with E-state index in [1.807, 2.05) is 24.3 Å². The molecule has 1 aromatic heterocycles. The predicted octanol–water partition coefficient (Wildman–Crippen LogP) is 6.48. The summed E-state index contributed by atoms with van der Waals surface area (Å²) < 4.78 is 44.5. The number of hydrogen-bond donors (Lipinski definition) is 1. The van der Waals surface area contributed by atoms with Gasteiger partial charge in [-0.3, -0.25) is 0 Å². The van der Waals surface area contributed by atoms with Gasteiger partial charge in [0, 0.05) is 5.02 Å². The van der Waals surface area contributed by atoms with Gasteiger partial charge in [0.15, 0.2) is 0 Å². The fourth-order valence-corrected chi connectivity index (χ4v) is 3.06. The number of para-hydroxylation sites is 2. The van der Waals surface area contributed by atoms with Crippen molar-refractivity contribution in [3.63, 3.8) is 0 Å². The first kappa shape index (κ1) is 18.4. The van der Waals surface area contributed by atoms with Crippen molar-refractivity contribution in [3.05, 3.63) is 82.9 Å². The molecule has 4 rings (SSSR count). The maximum absolute atomic E-state index is 12.9. The van der Waals surface area contributed by atoms with Crippen molar-refractivity contribution in [2.45, 2.75) is 12.8 Å². The zero-order chi connectivity index (χ0) is 19.7. The second-order valence-electron chi connectivity index (χ2n) is 6.23. The average molecular weight is 403 g/mol. The Balaban J connectivity index is 1.64. The number of aromatic amines is 1. The third-order valence-corrected chi connectivity index (χ3v) is 4.47. The van der Waals surface area contributed by atoms with Gasteiger partial charge >= 0.3 is 6.18 Å². The van der Waals surface area contributed by atoms with E-state index in [0.29, 0.717) is 27.7 Å². The third kappa shape index (κ3) is 3.82. The summed E-state index contributed by atoms with van der Waals surface area (Å²) in [6.07, 6.45) is -4.39. The molecule has 0 atom stereocenters. The Morgan fingerprint density at radius 3 is 2.57 bits per heavy atom. The van der Waals surface area contributed by atoms with Crippen molar-refractivity contribution < 1.29 is 17.9 Å². The first-order valence-electron chi connectivity index (χ1n) is 8.44. The summed E-state index contributed by atoms with van der Waals surface area (Å²) in [6.45, 7) is -0.0151. The van der Waals surface area contributed by atoms with Gasteiger partial charge in [-0.15, -0.1) is 0 Å². The van der Waals surface area contributed by atoms with Crippen LogP contribution in [-0.2, 0) is 12.8 Å². The Labute approximate surface area is 163 Å². The summed E-state index contributed by atoms with van der Waals surface area (Å²) in [5.41, 5.74) is 2.00. The second kappa shape index (κ2) is 7.20. The first-order chi connectivity index (χ1) is 13.4. The number of aromatic nitrogens is 2. The minimum absolute atomic E-state index is 0.0151. The molecule has 142 valence electrons. The number of benzene rings is 3. The van der Waals surface area contributed by atoms with E-state index in [-0.39, 0.29) is 6.61 Å². The van der Waals surface area contributed by atoms with Crippen molar-refractivity contribution >= 4 is 22.6 Å². The van der Waals surface area contributed by atoms with Crippen LogP contribution in [0.4, 0.5) is 13.2 Å². The Morgan fingerprint density at radius 1 is 0.964 bits per heavy atom. The van der Waals surface area contributed by atoms with E-state index in [0.717, 1.165) is 23.2 Å². The lowest BCUT2D eigenvalue weighted by Crippen LogP contribution is -2.06. The fourth-order valence-electron chi connectivity index (χ4n) is 2.89. The van der Waals surface area contributed by atoms with Crippen LogP contribution >= 0.6 is 11.6 Å². The summed E-state index contributed by atoms with van der Waals surface area (Å²) >= 11 is 6.13. The maximum Gasteiger partial charge on any atom is 0.416 e. The molecule has 0 saturated heterocycles. The van der Waals surface area contributed by atoms with Crippen LogP contribution in [0.3, 0.4) is 0 Å². The van der Waals surface area contributed by atoms with Crippen molar-refractivity contribution in [1.29, 1.82) is 0 Å². The standard InChI is InChI=1S/C21H14ClF3N2O/c22-15-8-9-19(28-12-13-4-3-5-14(10-13)21(23,24)25)16(11-15)20-26-17-6-1-2-7-18(17)27-20/h1-11H,12H2,(H,26,27). The van der Waals surface area contributed by atoms with E-state index in [4.69, 9.17) is 16.3 Å². The smallest absolute Gasteiger partial charge is 0.416 e. The molecule has 0 fully saturated rings. The van der Waals surface area contributed by atoms with Crippen molar-refractivity contribution in [2.24, 2.45) is 0 Å². The summed E-state index contributed by atoms with van der Waals surface area (Å²) in [4.78, 5) is 7.75. The normalized spacial score (nSPS) is 11.7. The second-order valence-corrected chi connectivity index (χ2v) is 6.67. The topological polar surface area (TPSA) is 37.9 Å². The van der Waals surface area contributed by atoms with Gasteiger partial charge in [-0.25, -0.2) is 4.98 Å². The molecule has 0 saturated carbocycles. The van der Waals surface area contributed by atoms with Crippen LogP contribution in [-0.4, -0.2) is 9.97 Å². The van der Waals surface area contributed by atoms with E-state index < -0.39 is 11.7 Å². The number of rotatable bonds is 4. The maximum atomic E-state index is 12.9. The minimum Gasteiger partial charge on any atom is -0.488 e. The lowest BCUT2D eigenvalue weighted by atomic mass is 10.1. The van der Waals surface area contributed by atoms with Gasteiger partial charge in [-0.2, -0.15) is 13.2 Å². The molecule has 0 amide bonds. The van der Waals surface area contributed by atoms with Crippen LogP contribution in [0.25, 0.3) is 22.4 Å². The molecule has 1 N–H and O–H groups in total. The Kier molecular flexibility index (Phi) is 4.73. The Bertz CT molecular complexity index is 1100. The van der Waals surface area contributed by atoms with E-state index in [1.165, 1.54) is 6.07 Å². The van der Waals surface area contributed by atoms with Gasteiger partial charge in [0.2, 0.25) is 0 Å². The van der Waals surface area contributed by atoms with Crippen LogP contribution in [0.2, 0.25) is 5.02 Å². The lowest BCUT2D eigenvalue weighted by Gasteiger charge is -2.12. The van der Waals surface area contributed by atoms with Gasteiger partial charge in [0.1, 0.15) is 18.2 Å². The quantitative estimate of drug-likeness (QED) is 0.424. The van der Waals surface area contributed by atoms with E-state index >= 15 is 0 Å². The molecular weight excluding hydrogens is 389 g/mol. The van der Waals surface area contributed by atoms with Crippen molar-refractivity contribution in [2.75, 3.05) is 0 Å². The number of nitrogens with one attached hydrogen (secondary N) is 1. The van der Waals surface area contributed by atoms with Gasteiger partial charge in [-0.05, 0) is 48.0 Å². The molecule has 0 unspecified atom stereocenters. The molecule has 0 aliphatic heterocycles. The zero-order valence-corrected chi connectivity index (χ0v) is 15.2. The molecular formula is C21H14ClF3N2O. The SMILES string of the molecule is FC(F)(F)c1cccc(COc2ccc(Cl)cc2-c2nc3ccccc3[nH]2)c1. The molecule has 0 aliphatic carbocycles. The highest BCUT2D eigenvalue weighted by molar-refractivity contribution is 6.30. The number of fused-ring (bicyclic) bond motifs is 1. The van der Waals surface area contributed by atoms with Gasteiger partial charge in [0.25, 0.3) is 0 Å². The summed E-state index contributed by atoms with van der Waals surface area (Å²) in [5.74, 6) is 1.05. The zero-order valence-electron chi connectivity index (χ0n) is 14.4. The molecule has 0 aliphatic rings. The minimum atomic E-state index is -4.39. The predicted molar refractivity (Wildman–Crippen MR) is 102 cm³/mol. The van der Waals surface area contributed by atoms with E-state index in [2.05, 4.69) is 9.97 Å². The van der Waals surface area contributed by atoms with Crippen molar-refractivity contribution in [1.82, 2.24) is 9.97 Å². The molecule has 1 heterocycles. The largest absolute Gasteiger partial charge is 0.488 e. The van der Waals surface area contributed by atoms with Crippen LogP contribution in [0.15, 0.2) is 66.7 Å². The first-order valence-corrected chi connectivity index (χ1v) is 8.81. The van der Waals surface area contributed by atoms with Gasteiger partial charge in [-0.1, -0.05) is 35.9 Å². The number of imidazole rings is 1. The van der Waals surface area contributed by atoms with E-state index in [9.17, 15) is 13.2 Å². The summed E-state index contributed by atoms with van der Waals surface area (Å²) in [7, 11) is 0. The average Bonchev–Trinajstić information content (AvgIpc) is 3.10. The number of alkyl halides is 3.